The minimum Gasteiger partial charge on any atom is -0.330 e. The van der Waals surface area contributed by atoms with Crippen LogP contribution in [-0.4, -0.2) is 11.5 Å². The highest BCUT2D eigenvalue weighted by Gasteiger charge is 1.76. The molecular weight excluding hydrogens is 184 g/mol. The van der Waals surface area contributed by atoms with Crippen LogP contribution in [-0.2, 0) is 0 Å². The van der Waals surface area contributed by atoms with Gasteiger partial charge in [-0.1, -0.05) is 19.6 Å². The van der Waals surface area contributed by atoms with Crippen molar-refractivity contribution in [3.05, 3.63) is 36.7 Å². The molecule has 0 radical (unpaired) electrons. The average molecular weight is 201 g/mol. The van der Waals surface area contributed by atoms with E-state index in [2.05, 4.69) is 18.5 Å². The van der Waals surface area contributed by atoms with Crippen molar-refractivity contribution in [2.24, 2.45) is 5.73 Å². The van der Waals surface area contributed by atoms with Gasteiger partial charge < -0.3 is 5.73 Å². The summed E-state index contributed by atoms with van der Waals surface area (Å²) in [6, 6.07) is 3.82. The maximum atomic E-state index is 5.03. The van der Waals surface area contributed by atoms with Gasteiger partial charge in [-0.3, -0.25) is 4.98 Å². The summed E-state index contributed by atoms with van der Waals surface area (Å²) in [4.78, 5) is 3.85. The molecule has 3 heteroatoms. The lowest BCUT2D eigenvalue weighted by Gasteiger charge is -1.84. The van der Waals surface area contributed by atoms with Gasteiger partial charge in [-0.15, -0.1) is 12.4 Å². The fourth-order valence-corrected chi connectivity index (χ4v) is 0.500. The molecule has 0 aliphatic heterocycles. The molecular formula is C10H17ClN2. The van der Waals surface area contributed by atoms with Crippen molar-refractivity contribution in [3.63, 3.8) is 0 Å². The second kappa shape index (κ2) is 11.1. The Morgan fingerprint density at radius 2 is 1.92 bits per heavy atom. The number of pyridine rings is 1. The molecule has 0 fully saturated rings. The Morgan fingerprint density at radius 1 is 1.46 bits per heavy atom. The molecule has 0 unspecified atom stereocenters. The second-order valence-electron chi connectivity index (χ2n) is 2.27. The molecule has 0 aliphatic rings. The molecule has 0 saturated heterocycles. The van der Waals surface area contributed by atoms with Gasteiger partial charge in [-0.05, 0) is 30.7 Å². The summed E-state index contributed by atoms with van der Waals surface area (Å²) in [5.41, 5.74) is 6.14. The first-order chi connectivity index (χ1) is 5.85. The molecule has 0 spiro atoms. The topological polar surface area (TPSA) is 38.9 Å². The molecule has 0 bridgehead atoms. The summed E-state index contributed by atoms with van der Waals surface area (Å²) in [7, 11) is 0. The lowest BCUT2D eigenvalue weighted by molar-refractivity contribution is 0.932. The number of nitrogens with zero attached hydrogens (tertiary/aromatic N) is 1. The van der Waals surface area contributed by atoms with E-state index in [1.54, 1.807) is 18.5 Å². The minimum absolute atomic E-state index is 0. The zero-order chi connectivity index (χ0) is 9.23. The Kier molecular flexibility index (Phi) is 12.6. The largest absolute Gasteiger partial charge is 0.330 e. The smallest absolute Gasteiger partial charge is 0.0273 e. The molecule has 0 amide bonds. The fourth-order valence-electron chi connectivity index (χ4n) is 0.500. The molecule has 2 nitrogen and oxygen atoms in total. The number of rotatable bonds is 2. The standard InChI is InChI=1S/C7H7N.C3H9N.ClH/c1-2-7-3-5-8-6-4-7;1-2-3-4;/h2-6H,1H2;2-4H2,1H3;1H. The van der Waals surface area contributed by atoms with Gasteiger partial charge in [0.05, 0.1) is 0 Å². The van der Waals surface area contributed by atoms with E-state index in [0.717, 1.165) is 18.5 Å². The van der Waals surface area contributed by atoms with Gasteiger partial charge in [0.1, 0.15) is 0 Å². The van der Waals surface area contributed by atoms with E-state index in [1.165, 1.54) is 0 Å². The van der Waals surface area contributed by atoms with Crippen LogP contribution in [0.25, 0.3) is 6.08 Å². The van der Waals surface area contributed by atoms with E-state index >= 15 is 0 Å². The average Bonchev–Trinajstić information content (AvgIpc) is 2.19. The van der Waals surface area contributed by atoms with E-state index in [1.807, 2.05) is 12.1 Å². The van der Waals surface area contributed by atoms with Crippen LogP contribution < -0.4 is 5.73 Å². The predicted molar refractivity (Wildman–Crippen MR) is 60.9 cm³/mol. The van der Waals surface area contributed by atoms with Crippen molar-refractivity contribution in [2.45, 2.75) is 13.3 Å². The van der Waals surface area contributed by atoms with E-state index in [0.29, 0.717) is 0 Å². The summed E-state index contributed by atoms with van der Waals surface area (Å²) < 4.78 is 0. The van der Waals surface area contributed by atoms with Crippen LogP contribution in [0.3, 0.4) is 0 Å². The van der Waals surface area contributed by atoms with Crippen LogP contribution in [0.15, 0.2) is 31.1 Å². The predicted octanol–water partition coefficient (Wildman–Crippen LogP) is 2.50. The quantitative estimate of drug-likeness (QED) is 0.797. The monoisotopic (exact) mass is 200 g/mol. The molecule has 0 atom stereocenters. The lowest BCUT2D eigenvalue weighted by atomic mass is 10.3. The van der Waals surface area contributed by atoms with Gasteiger partial charge in [0.15, 0.2) is 0 Å². The first-order valence-corrected chi connectivity index (χ1v) is 4.07. The molecule has 2 N–H and O–H groups in total. The minimum atomic E-state index is 0. The molecule has 1 aromatic rings. The maximum Gasteiger partial charge on any atom is 0.0273 e. The van der Waals surface area contributed by atoms with Crippen molar-refractivity contribution in [2.75, 3.05) is 6.54 Å². The van der Waals surface area contributed by atoms with Crippen molar-refractivity contribution in [3.8, 4) is 0 Å². The molecule has 0 aromatic carbocycles. The Hall–Kier alpha value is -0.860. The van der Waals surface area contributed by atoms with Crippen LogP contribution in [0.4, 0.5) is 0 Å². The second-order valence-corrected chi connectivity index (χ2v) is 2.27. The fraction of sp³-hybridized carbons (Fsp3) is 0.300. The first kappa shape index (κ1) is 14.7. The van der Waals surface area contributed by atoms with E-state index in [-0.39, 0.29) is 12.4 Å². The number of aromatic nitrogens is 1. The molecule has 74 valence electrons. The molecule has 1 aromatic heterocycles. The van der Waals surface area contributed by atoms with Crippen LogP contribution >= 0.6 is 12.4 Å². The van der Waals surface area contributed by atoms with Crippen molar-refractivity contribution in [1.29, 1.82) is 0 Å². The molecule has 13 heavy (non-hydrogen) atoms. The van der Waals surface area contributed by atoms with Gasteiger partial charge in [0.2, 0.25) is 0 Å². The normalized spacial score (nSPS) is 7.54. The maximum absolute atomic E-state index is 5.03. The van der Waals surface area contributed by atoms with Crippen LogP contribution in [0, 0.1) is 0 Å². The lowest BCUT2D eigenvalue weighted by Crippen LogP contribution is -1.93. The number of hydrogen-bond donors (Lipinski definition) is 1. The summed E-state index contributed by atoms with van der Waals surface area (Å²) in [5.74, 6) is 0. The van der Waals surface area contributed by atoms with Gasteiger partial charge in [-0.2, -0.15) is 0 Å². The summed E-state index contributed by atoms with van der Waals surface area (Å²) in [5, 5.41) is 0. The summed E-state index contributed by atoms with van der Waals surface area (Å²) in [6.45, 7) is 6.48. The Bertz CT molecular complexity index is 197. The van der Waals surface area contributed by atoms with E-state index in [4.69, 9.17) is 5.73 Å². The van der Waals surface area contributed by atoms with Crippen molar-refractivity contribution in [1.82, 2.24) is 4.98 Å². The van der Waals surface area contributed by atoms with Gasteiger partial charge in [0, 0.05) is 12.4 Å². The van der Waals surface area contributed by atoms with Crippen molar-refractivity contribution >= 4 is 18.5 Å². The molecule has 1 heterocycles. The number of nitrogens with two attached hydrogens (primary N) is 1. The van der Waals surface area contributed by atoms with Crippen molar-refractivity contribution < 1.29 is 0 Å². The van der Waals surface area contributed by atoms with E-state index < -0.39 is 0 Å². The Balaban J connectivity index is 0. The Labute approximate surface area is 86.3 Å². The molecule has 0 saturated carbocycles. The van der Waals surface area contributed by atoms with Gasteiger partial charge in [0.25, 0.3) is 0 Å². The third-order valence-corrected chi connectivity index (χ3v) is 1.23. The zero-order valence-corrected chi connectivity index (χ0v) is 8.76. The number of hydrogen-bond acceptors (Lipinski definition) is 2. The third-order valence-electron chi connectivity index (χ3n) is 1.23. The summed E-state index contributed by atoms with van der Waals surface area (Å²) in [6.07, 6.45) is 6.38. The third kappa shape index (κ3) is 9.05. The van der Waals surface area contributed by atoms with Gasteiger partial charge >= 0.3 is 0 Å². The van der Waals surface area contributed by atoms with Gasteiger partial charge in [-0.25, -0.2) is 0 Å². The first-order valence-electron chi connectivity index (χ1n) is 4.07. The number of halogens is 1. The SMILES string of the molecule is C=Cc1ccncc1.CCCN.Cl. The van der Waals surface area contributed by atoms with Crippen LogP contribution in [0.1, 0.15) is 18.9 Å². The Morgan fingerprint density at radius 3 is 2.15 bits per heavy atom. The van der Waals surface area contributed by atoms with E-state index in [9.17, 15) is 0 Å². The van der Waals surface area contributed by atoms with Crippen LogP contribution in [0.2, 0.25) is 0 Å². The highest BCUT2D eigenvalue weighted by molar-refractivity contribution is 5.85. The summed E-state index contributed by atoms with van der Waals surface area (Å²) >= 11 is 0. The zero-order valence-electron chi connectivity index (χ0n) is 7.94. The molecule has 0 aliphatic carbocycles. The molecule has 1 rings (SSSR count). The van der Waals surface area contributed by atoms with Crippen LogP contribution in [0.5, 0.6) is 0 Å². The highest BCUT2D eigenvalue weighted by Crippen LogP contribution is 1.94. The highest BCUT2D eigenvalue weighted by atomic mass is 35.5.